The van der Waals surface area contributed by atoms with Crippen LogP contribution in [0.15, 0.2) is 23.1 Å². The Kier molecular flexibility index (Phi) is 1.86. The smallest absolute Gasteiger partial charge is 0.327 e. The Bertz CT molecular complexity index is 470. The minimum atomic E-state index is -0.154. The first-order chi connectivity index (χ1) is 6.33. The van der Waals surface area contributed by atoms with Crippen LogP contribution in [0.4, 0.5) is 0 Å². The van der Waals surface area contributed by atoms with Gasteiger partial charge in [0.05, 0.1) is 5.52 Å². The van der Waals surface area contributed by atoms with Crippen molar-refractivity contribution in [3.8, 4) is 0 Å². The first-order valence-electron chi connectivity index (χ1n) is 4.06. The van der Waals surface area contributed by atoms with Crippen LogP contribution >= 0.6 is 0 Å². The number of pyridine rings is 1. The van der Waals surface area contributed by atoms with Crippen LogP contribution in [-0.2, 0) is 6.54 Å². The zero-order valence-electron chi connectivity index (χ0n) is 7.03. The van der Waals surface area contributed by atoms with Gasteiger partial charge in [0.25, 0.3) is 0 Å². The summed E-state index contributed by atoms with van der Waals surface area (Å²) in [6.07, 6.45) is 1.66. The van der Waals surface area contributed by atoms with Gasteiger partial charge in [0.1, 0.15) is 0 Å². The first kappa shape index (κ1) is 8.00. The third-order valence-electron chi connectivity index (χ3n) is 1.88. The lowest BCUT2D eigenvalue weighted by molar-refractivity contribution is 0.697. The normalized spacial score (nSPS) is 10.8. The quantitative estimate of drug-likeness (QED) is 0.661. The summed E-state index contributed by atoms with van der Waals surface area (Å²) in [7, 11) is 0. The average molecular weight is 178 g/mol. The highest BCUT2D eigenvalue weighted by Crippen LogP contribution is 2.04. The molecule has 2 heterocycles. The fourth-order valence-corrected chi connectivity index (χ4v) is 1.33. The average Bonchev–Trinajstić information content (AvgIpc) is 2.44. The molecule has 0 saturated carbocycles. The minimum Gasteiger partial charge on any atom is -0.329 e. The number of H-pyrrole nitrogens is 1. The molecule has 0 aliphatic carbocycles. The van der Waals surface area contributed by atoms with E-state index in [2.05, 4.69) is 9.97 Å². The maximum absolute atomic E-state index is 11.3. The number of imidazole rings is 1. The fraction of sp³-hybridized carbons (Fsp3) is 0.250. The highest BCUT2D eigenvalue weighted by molar-refractivity contribution is 5.69. The molecule has 0 bridgehead atoms. The van der Waals surface area contributed by atoms with Crippen molar-refractivity contribution in [1.82, 2.24) is 14.5 Å². The number of nitrogens with one attached hydrogen (secondary N) is 1. The van der Waals surface area contributed by atoms with Crippen molar-refractivity contribution < 1.29 is 0 Å². The summed E-state index contributed by atoms with van der Waals surface area (Å²) in [6, 6.07) is 3.60. The second-order valence-corrected chi connectivity index (χ2v) is 2.75. The van der Waals surface area contributed by atoms with Gasteiger partial charge in [-0.15, -0.1) is 0 Å². The van der Waals surface area contributed by atoms with Gasteiger partial charge >= 0.3 is 5.69 Å². The van der Waals surface area contributed by atoms with Gasteiger partial charge in [0.15, 0.2) is 5.65 Å². The van der Waals surface area contributed by atoms with E-state index < -0.39 is 0 Å². The van der Waals surface area contributed by atoms with Crippen LogP contribution in [0.3, 0.4) is 0 Å². The van der Waals surface area contributed by atoms with Crippen molar-refractivity contribution in [2.45, 2.75) is 6.54 Å². The largest absolute Gasteiger partial charge is 0.329 e. The number of aromatic nitrogens is 3. The van der Waals surface area contributed by atoms with Gasteiger partial charge < -0.3 is 10.7 Å². The molecule has 0 unspecified atom stereocenters. The highest BCUT2D eigenvalue weighted by atomic mass is 16.1. The number of nitrogens with zero attached hydrogens (tertiary/aromatic N) is 2. The molecule has 2 rings (SSSR count). The molecule has 68 valence electrons. The van der Waals surface area contributed by atoms with Gasteiger partial charge in [-0.2, -0.15) is 0 Å². The van der Waals surface area contributed by atoms with Gasteiger partial charge in [-0.25, -0.2) is 9.78 Å². The van der Waals surface area contributed by atoms with Crippen LogP contribution in [0.25, 0.3) is 11.2 Å². The van der Waals surface area contributed by atoms with Crippen LogP contribution in [0.1, 0.15) is 0 Å². The summed E-state index contributed by atoms with van der Waals surface area (Å²) < 4.78 is 1.54. The predicted molar refractivity (Wildman–Crippen MR) is 49.4 cm³/mol. The molecule has 5 heteroatoms. The van der Waals surface area contributed by atoms with Gasteiger partial charge in [-0.1, -0.05) is 0 Å². The van der Waals surface area contributed by atoms with Crippen LogP contribution in [0.5, 0.6) is 0 Å². The van der Waals surface area contributed by atoms with Crippen LogP contribution in [0.2, 0.25) is 0 Å². The number of hydrogen-bond acceptors (Lipinski definition) is 3. The van der Waals surface area contributed by atoms with Gasteiger partial charge in [0.2, 0.25) is 0 Å². The lowest BCUT2D eigenvalue weighted by Crippen LogP contribution is -2.21. The second-order valence-electron chi connectivity index (χ2n) is 2.75. The number of hydrogen-bond donors (Lipinski definition) is 2. The molecule has 0 aliphatic heterocycles. The molecule has 3 N–H and O–H groups in total. The second kappa shape index (κ2) is 3.02. The minimum absolute atomic E-state index is 0.154. The van der Waals surface area contributed by atoms with Gasteiger partial charge in [0, 0.05) is 19.3 Å². The van der Waals surface area contributed by atoms with Crippen molar-refractivity contribution in [1.29, 1.82) is 0 Å². The zero-order valence-corrected chi connectivity index (χ0v) is 7.03. The molecule has 0 aromatic carbocycles. The third kappa shape index (κ3) is 1.23. The molecule has 5 nitrogen and oxygen atoms in total. The van der Waals surface area contributed by atoms with Crippen LogP contribution in [-0.4, -0.2) is 21.1 Å². The SMILES string of the molecule is NCCn1c(=O)[nH]c2cccnc21. The van der Waals surface area contributed by atoms with Crippen LogP contribution < -0.4 is 11.4 Å². The molecule has 0 spiro atoms. The third-order valence-corrected chi connectivity index (χ3v) is 1.88. The van der Waals surface area contributed by atoms with Crippen LogP contribution in [0, 0.1) is 0 Å². The lowest BCUT2D eigenvalue weighted by atomic mass is 10.4. The first-order valence-corrected chi connectivity index (χ1v) is 4.06. The van der Waals surface area contributed by atoms with E-state index in [9.17, 15) is 4.79 Å². The molecule has 13 heavy (non-hydrogen) atoms. The Morgan fingerprint density at radius 2 is 2.46 bits per heavy atom. The van der Waals surface area contributed by atoms with E-state index in [-0.39, 0.29) is 5.69 Å². The lowest BCUT2D eigenvalue weighted by Gasteiger charge is -1.97. The molecule has 2 aromatic heterocycles. The van der Waals surface area contributed by atoms with Gasteiger partial charge in [-0.3, -0.25) is 4.57 Å². The standard InChI is InChI=1S/C8H10N4O/c9-3-5-12-7-6(11-8(12)13)2-1-4-10-7/h1-2,4H,3,5,9H2,(H,11,13). The topological polar surface area (TPSA) is 76.7 Å². The number of aromatic amines is 1. The zero-order chi connectivity index (χ0) is 9.26. The number of rotatable bonds is 2. The van der Waals surface area contributed by atoms with E-state index in [0.29, 0.717) is 18.7 Å². The Labute approximate surface area is 74.2 Å². The maximum Gasteiger partial charge on any atom is 0.327 e. The summed E-state index contributed by atoms with van der Waals surface area (Å²) in [6.45, 7) is 0.930. The van der Waals surface area contributed by atoms with E-state index in [4.69, 9.17) is 5.73 Å². The summed E-state index contributed by atoms with van der Waals surface area (Å²) in [5.41, 5.74) is 6.64. The maximum atomic E-state index is 11.3. The Balaban J connectivity index is 2.71. The molecule has 0 atom stereocenters. The van der Waals surface area contributed by atoms with E-state index in [1.165, 1.54) is 4.57 Å². The van der Waals surface area contributed by atoms with E-state index in [1.807, 2.05) is 6.07 Å². The predicted octanol–water partition coefficient (Wildman–Crippen LogP) is -0.317. The van der Waals surface area contributed by atoms with Crippen molar-refractivity contribution in [3.63, 3.8) is 0 Å². The molecular weight excluding hydrogens is 168 g/mol. The van der Waals surface area contributed by atoms with E-state index >= 15 is 0 Å². The molecule has 0 amide bonds. The molecule has 0 fully saturated rings. The van der Waals surface area contributed by atoms with E-state index in [0.717, 1.165) is 5.52 Å². The Morgan fingerprint density at radius 1 is 1.62 bits per heavy atom. The van der Waals surface area contributed by atoms with Crippen molar-refractivity contribution in [3.05, 3.63) is 28.8 Å². The van der Waals surface area contributed by atoms with Crippen molar-refractivity contribution in [2.75, 3.05) is 6.54 Å². The summed E-state index contributed by atoms with van der Waals surface area (Å²) in [5, 5.41) is 0. The number of fused-ring (bicyclic) bond motifs is 1. The van der Waals surface area contributed by atoms with Gasteiger partial charge in [-0.05, 0) is 12.1 Å². The highest BCUT2D eigenvalue weighted by Gasteiger charge is 2.04. The Hall–Kier alpha value is -1.62. The van der Waals surface area contributed by atoms with Crippen molar-refractivity contribution in [2.24, 2.45) is 5.73 Å². The summed E-state index contributed by atoms with van der Waals surface area (Å²) in [4.78, 5) is 18.1. The molecule has 0 aliphatic rings. The van der Waals surface area contributed by atoms with E-state index in [1.54, 1.807) is 12.3 Å². The molecule has 0 radical (unpaired) electrons. The monoisotopic (exact) mass is 178 g/mol. The molecule has 2 aromatic rings. The number of nitrogens with two attached hydrogens (primary N) is 1. The molecule has 0 saturated heterocycles. The Morgan fingerprint density at radius 3 is 3.23 bits per heavy atom. The summed E-state index contributed by atoms with van der Waals surface area (Å²) >= 11 is 0. The molecular formula is C8H10N4O. The van der Waals surface area contributed by atoms with Crippen molar-refractivity contribution >= 4 is 11.2 Å². The fourth-order valence-electron chi connectivity index (χ4n) is 1.33. The summed E-state index contributed by atoms with van der Waals surface area (Å²) in [5.74, 6) is 0.